The Bertz CT molecular complexity index is 505. The molecule has 5 nitrogen and oxygen atoms in total. The molecule has 0 radical (unpaired) electrons. The molecule has 0 saturated heterocycles. The molecular weight excluding hydrogens is 263 g/mol. The number of hydrogen-bond acceptors (Lipinski definition) is 3. The van der Waals surface area contributed by atoms with E-state index >= 15 is 0 Å². The first-order valence-corrected chi connectivity index (χ1v) is 6.39. The van der Waals surface area contributed by atoms with Crippen LogP contribution in [0.2, 0.25) is 0 Å². The van der Waals surface area contributed by atoms with Crippen molar-refractivity contribution in [2.24, 2.45) is 5.73 Å². The van der Waals surface area contributed by atoms with Crippen LogP contribution >= 0.6 is 0 Å². The fourth-order valence-corrected chi connectivity index (χ4v) is 1.87. The molecule has 1 aromatic rings. The highest BCUT2D eigenvalue weighted by Gasteiger charge is 2.18. The number of nitrogens with two attached hydrogens (primary N) is 1. The van der Waals surface area contributed by atoms with Crippen LogP contribution in [0.4, 0.5) is 4.39 Å². The van der Waals surface area contributed by atoms with E-state index in [-0.39, 0.29) is 30.3 Å². The highest BCUT2D eigenvalue weighted by atomic mass is 19.1. The van der Waals surface area contributed by atoms with Crippen LogP contribution in [-0.4, -0.2) is 34.5 Å². The van der Waals surface area contributed by atoms with Crippen molar-refractivity contribution in [1.29, 1.82) is 0 Å². The highest BCUT2D eigenvalue weighted by molar-refractivity contribution is 5.92. The van der Waals surface area contributed by atoms with Gasteiger partial charge in [-0.1, -0.05) is 6.92 Å². The minimum atomic E-state index is -0.975. The van der Waals surface area contributed by atoms with Gasteiger partial charge >= 0.3 is 5.97 Å². The first kappa shape index (κ1) is 16.1. The Morgan fingerprint density at radius 1 is 1.45 bits per heavy atom. The summed E-state index contributed by atoms with van der Waals surface area (Å²) in [7, 11) is 0. The fraction of sp³-hybridized carbons (Fsp3) is 0.429. The lowest BCUT2D eigenvalue weighted by Gasteiger charge is -2.26. The third-order valence-corrected chi connectivity index (χ3v) is 3.26. The molecule has 1 amide bonds. The molecule has 1 rings (SSSR count). The van der Waals surface area contributed by atoms with Crippen LogP contribution in [0.5, 0.6) is 0 Å². The zero-order chi connectivity index (χ0) is 15.3. The molecule has 110 valence electrons. The first-order chi connectivity index (χ1) is 9.35. The quantitative estimate of drug-likeness (QED) is 0.795. The van der Waals surface area contributed by atoms with E-state index in [0.717, 1.165) is 6.42 Å². The second-order valence-electron chi connectivity index (χ2n) is 4.73. The summed E-state index contributed by atoms with van der Waals surface area (Å²) in [6.07, 6.45) is 0.740. The lowest BCUT2D eigenvalue weighted by atomic mass is 10.1. The summed E-state index contributed by atoms with van der Waals surface area (Å²) in [5.41, 5.74) is 5.64. The Kier molecular flexibility index (Phi) is 5.64. The van der Waals surface area contributed by atoms with E-state index in [9.17, 15) is 14.0 Å². The summed E-state index contributed by atoms with van der Waals surface area (Å²) in [5, 5.41) is 8.91. The topological polar surface area (TPSA) is 83.6 Å². The molecule has 3 N–H and O–H groups in total. The first-order valence-electron chi connectivity index (χ1n) is 6.39. The average Bonchev–Trinajstić information content (AvgIpc) is 2.38. The Hall–Kier alpha value is -1.95. The molecule has 0 fully saturated rings. The van der Waals surface area contributed by atoms with Crippen molar-refractivity contribution in [2.45, 2.75) is 32.9 Å². The average molecular weight is 282 g/mol. The van der Waals surface area contributed by atoms with Gasteiger partial charge in [0, 0.05) is 23.7 Å². The third-order valence-electron chi connectivity index (χ3n) is 3.26. The summed E-state index contributed by atoms with van der Waals surface area (Å²) < 4.78 is 13.8. The molecule has 20 heavy (non-hydrogen) atoms. The smallest absolute Gasteiger partial charge is 0.317 e. The van der Waals surface area contributed by atoms with Crippen molar-refractivity contribution in [1.82, 2.24) is 4.90 Å². The van der Waals surface area contributed by atoms with Crippen molar-refractivity contribution in [3.63, 3.8) is 0 Å². The van der Waals surface area contributed by atoms with Crippen LogP contribution in [-0.2, 0) is 11.3 Å². The lowest BCUT2D eigenvalue weighted by molar-refractivity contribution is -0.139. The number of rotatable bonds is 7. The van der Waals surface area contributed by atoms with E-state index in [1.807, 2.05) is 13.8 Å². The van der Waals surface area contributed by atoms with Gasteiger partial charge in [-0.25, -0.2) is 4.39 Å². The van der Waals surface area contributed by atoms with Gasteiger partial charge in [0.05, 0.1) is 6.54 Å². The maximum Gasteiger partial charge on any atom is 0.317 e. The van der Waals surface area contributed by atoms with Crippen LogP contribution in [0.1, 0.15) is 36.2 Å². The molecule has 6 heteroatoms. The van der Waals surface area contributed by atoms with E-state index < -0.39 is 17.7 Å². The van der Waals surface area contributed by atoms with Gasteiger partial charge in [-0.05, 0) is 31.5 Å². The van der Waals surface area contributed by atoms with E-state index in [2.05, 4.69) is 0 Å². The molecule has 0 spiro atoms. The fourth-order valence-electron chi connectivity index (χ4n) is 1.87. The number of aliphatic carboxylic acids is 1. The van der Waals surface area contributed by atoms with Crippen LogP contribution in [0.25, 0.3) is 0 Å². The van der Waals surface area contributed by atoms with Crippen molar-refractivity contribution < 1.29 is 19.1 Å². The monoisotopic (exact) mass is 282 g/mol. The normalized spacial score (nSPS) is 12.4. The van der Waals surface area contributed by atoms with Crippen molar-refractivity contribution >= 4 is 11.9 Å². The van der Waals surface area contributed by atoms with Gasteiger partial charge in [0.1, 0.15) is 5.82 Å². The molecule has 1 unspecified atom stereocenters. The third kappa shape index (κ3) is 4.31. The van der Waals surface area contributed by atoms with Gasteiger partial charge in [0.25, 0.3) is 0 Å². The van der Waals surface area contributed by atoms with Gasteiger partial charge < -0.3 is 10.8 Å². The highest BCUT2D eigenvalue weighted by Crippen LogP contribution is 2.15. The summed E-state index contributed by atoms with van der Waals surface area (Å²) in [4.78, 5) is 23.6. The van der Waals surface area contributed by atoms with Gasteiger partial charge in [-0.2, -0.15) is 0 Å². The number of nitrogens with zero attached hydrogens (tertiary/aromatic N) is 1. The minimum Gasteiger partial charge on any atom is -0.480 e. The van der Waals surface area contributed by atoms with Crippen molar-refractivity contribution in [2.75, 3.05) is 6.54 Å². The van der Waals surface area contributed by atoms with Crippen molar-refractivity contribution in [3.8, 4) is 0 Å². The number of halogens is 1. The Morgan fingerprint density at radius 3 is 2.60 bits per heavy atom. The Balaban J connectivity index is 3.00. The van der Waals surface area contributed by atoms with E-state index in [1.54, 1.807) is 4.90 Å². The number of carboxylic acids is 1. The molecule has 1 atom stereocenters. The number of primary amides is 1. The van der Waals surface area contributed by atoms with Crippen LogP contribution < -0.4 is 5.73 Å². The number of benzene rings is 1. The van der Waals surface area contributed by atoms with Gasteiger partial charge in [0.2, 0.25) is 5.91 Å². The van der Waals surface area contributed by atoms with Crippen LogP contribution in [0.3, 0.4) is 0 Å². The molecule has 0 heterocycles. The standard InChI is InChI=1S/C14H19FN2O3/c1-3-9(2)17(8-13(18)19)7-11-6-10(14(16)20)4-5-12(11)15/h4-6,9H,3,7-8H2,1-2H3,(H2,16,20)(H,18,19). The molecule has 0 bridgehead atoms. The number of carboxylic acid groups (broad SMARTS) is 1. The summed E-state index contributed by atoms with van der Waals surface area (Å²) >= 11 is 0. The summed E-state index contributed by atoms with van der Waals surface area (Å²) in [5.74, 6) is -2.09. The summed E-state index contributed by atoms with van der Waals surface area (Å²) in [6.45, 7) is 3.73. The zero-order valence-electron chi connectivity index (χ0n) is 11.6. The number of hydrogen-bond donors (Lipinski definition) is 2. The van der Waals surface area contributed by atoms with Crippen LogP contribution in [0, 0.1) is 5.82 Å². The molecule has 0 aliphatic carbocycles. The predicted octanol–water partition coefficient (Wildman–Crippen LogP) is 1.61. The van der Waals surface area contributed by atoms with Gasteiger partial charge in [-0.15, -0.1) is 0 Å². The summed E-state index contributed by atoms with van der Waals surface area (Å²) in [6, 6.07) is 3.84. The molecule has 0 saturated carbocycles. The predicted molar refractivity (Wildman–Crippen MR) is 72.7 cm³/mol. The number of amides is 1. The molecule has 0 aliphatic rings. The molecule has 1 aromatic carbocycles. The molecule has 0 aromatic heterocycles. The van der Waals surface area contributed by atoms with Gasteiger partial charge in [-0.3, -0.25) is 14.5 Å². The second-order valence-corrected chi connectivity index (χ2v) is 4.73. The largest absolute Gasteiger partial charge is 0.480 e. The minimum absolute atomic E-state index is 0.0114. The molecule has 0 aliphatic heterocycles. The van der Waals surface area contributed by atoms with Crippen molar-refractivity contribution in [3.05, 3.63) is 35.1 Å². The second kappa shape index (κ2) is 7.00. The van der Waals surface area contributed by atoms with Gasteiger partial charge in [0.15, 0.2) is 0 Å². The Morgan fingerprint density at radius 2 is 2.10 bits per heavy atom. The maximum absolute atomic E-state index is 13.8. The lowest BCUT2D eigenvalue weighted by Crippen LogP contribution is -2.36. The molecular formula is C14H19FN2O3. The SMILES string of the molecule is CCC(C)N(CC(=O)O)Cc1cc(C(N)=O)ccc1F. The Labute approximate surface area is 117 Å². The maximum atomic E-state index is 13.8. The van der Waals surface area contributed by atoms with E-state index in [1.165, 1.54) is 18.2 Å². The van der Waals surface area contributed by atoms with E-state index in [4.69, 9.17) is 10.8 Å². The zero-order valence-corrected chi connectivity index (χ0v) is 11.6. The number of carbonyl (C=O) groups excluding carboxylic acids is 1. The van der Waals surface area contributed by atoms with E-state index in [0.29, 0.717) is 0 Å². The number of carbonyl (C=O) groups is 2. The van der Waals surface area contributed by atoms with Crippen LogP contribution in [0.15, 0.2) is 18.2 Å².